The van der Waals surface area contributed by atoms with Gasteiger partial charge in [-0.2, -0.15) is 0 Å². The van der Waals surface area contributed by atoms with Crippen LogP contribution in [-0.2, 0) is 4.79 Å². The van der Waals surface area contributed by atoms with Gasteiger partial charge < -0.3 is 10.4 Å². The average Bonchev–Trinajstić information content (AvgIpc) is 2.32. The molecule has 94 valence electrons. The van der Waals surface area contributed by atoms with Crippen molar-refractivity contribution in [1.82, 2.24) is 10.2 Å². The third-order valence-electron chi connectivity index (χ3n) is 4.10. The van der Waals surface area contributed by atoms with Crippen molar-refractivity contribution in [3.8, 4) is 0 Å². The van der Waals surface area contributed by atoms with Crippen LogP contribution in [0.4, 0.5) is 0 Å². The lowest BCUT2D eigenvalue weighted by Gasteiger charge is -2.43. The predicted molar refractivity (Wildman–Crippen MR) is 64.6 cm³/mol. The number of carbonyl (C=O) groups is 1. The zero-order chi connectivity index (χ0) is 12.2. The summed E-state index contributed by atoms with van der Waals surface area (Å²) in [5, 5.41) is 12.8. The summed E-state index contributed by atoms with van der Waals surface area (Å²) in [6.45, 7) is 5.93. The van der Waals surface area contributed by atoms with E-state index in [1.165, 1.54) is 0 Å². The van der Waals surface area contributed by atoms with Crippen LogP contribution in [0.3, 0.4) is 0 Å². The van der Waals surface area contributed by atoms with Crippen molar-refractivity contribution < 1.29 is 9.90 Å². The van der Waals surface area contributed by atoms with E-state index in [4.69, 9.17) is 0 Å². The molecule has 2 N–H and O–H groups in total. The highest BCUT2D eigenvalue weighted by atomic mass is 16.4. The topological polar surface area (TPSA) is 52.6 Å². The predicted octanol–water partition coefficient (Wildman–Crippen LogP) is 1.31. The minimum Gasteiger partial charge on any atom is -0.480 e. The van der Waals surface area contributed by atoms with Crippen LogP contribution in [0.25, 0.3) is 0 Å². The Morgan fingerprint density at radius 3 is 2.25 bits per heavy atom. The quantitative estimate of drug-likeness (QED) is 0.745. The van der Waals surface area contributed by atoms with Crippen LogP contribution in [0.15, 0.2) is 0 Å². The summed E-state index contributed by atoms with van der Waals surface area (Å²) in [6, 6.07) is 0.400. The number of carboxylic acids is 1. The lowest BCUT2D eigenvalue weighted by Crippen LogP contribution is -2.57. The molecule has 0 aliphatic carbocycles. The van der Waals surface area contributed by atoms with Gasteiger partial charge in [0.25, 0.3) is 0 Å². The molecule has 0 atom stereocenters. The standard InChI is InChI=1S/C12H24N2O2/c1-4-12(5-2,11(15)16)14(3)10-6-8-13-9-7-10/h10,13H,4-9H2,1-3H3,(H,15,16). The molecule has 0 bridgehead atoms. The number of likely N-dealkylation sites (N-methyl/N-ethyl adjacent to an activating group) is 1. The zero-order valence-electron chi connectivity index (χ0n) is 10.6. The Hall–Kier alpha value is -0.610. The second-order valence-electron chi connectivity index (χ2n) is 4.64. The molecule has 1 heterocycles. The van der Waals surface area contributed by atoms with E-state index in [0.29, 0.717) is 18.9 Å². The Balaban J connectivity index is 2.80. The molecule has 0 aromatic carbocycles. The number of hydrogen-bond donors (Lipinski definition) is 2. The molecular weight excluding hydrogens is 204 g/mol. The van der Waals surface area contributed by atoms with Crippen molar-refractivity contribution in [1.29, 1.82) is 0 Å². The van der Waals surface area contributed by atoms with Crippen molar-refractivity contribution in [2.45, 2.75) is 51.1 Å². The molecule has 0 radical (unpaired) electrons. The normalized spacial score (nSPS) is 19.0. The van der Waals surface area contributed by atoms with E-state index in [9.17, 15) is 9.90 Å². The number of carboxylic acid groups (broad SMARTS) is 1. The number of nitrogens with one attached hydrogen (secondary N) is 1. The van der Waals surface area contributed by atoms with E-state index < -0.39 is 11.5 Å². The Labute approximate surface area is 98.0 Å². The molecule has 16 heavy (non-hydrogen) atoms. The maximum absolute atomic E-state index is 11.5. The largest absolute Gasteiger partial charge is 0.480 e. The smallest absolute Gasteiger partial charge is 0.324 e. The number of nitrogens with zero attached hydrogens (tertiary/aromatic N) is 1. The number of piperidine rings is 1. The van der Waals surface area contributed by atoms with Gasteiger partial charge in [-0.05, 0) is 45.8 Å². The van der Waals surface area contributed by atoms with Crippen molar-refractivity contribution in [3.63, 3.8) is 0 Å². The number of rotatable bonds is 5. The second kappa shape index (κ2) is 5.64. The molecule has 1 rings (SSSR count). The Kier molecular flexibility index (Phi) is 4.74. The summed E-state index contributed by atoms with van der Waals surface area (Å²) in [6.07, 6.45) is 3.43. The van der Waals surface area contributed by atoms with Gasteiger partial charge in [0.2, 0.25) is 0 Å². The van der Waals surface area contributed by atoms with E-state index in [1.807, 2.05) is 20.9 Å². The zero-order valence-corrected chi connectivity index (χ0v) is 10.6. The third-order valence-corrected chi connectivity index (χ3v) is 4.10. The average molecular weight is 228 g/mol. The lowest BCUT2D eigenvalue weighted by atomic mass is 9.88. The van der Waals surface area contributed by atoms with Crippen molar-refractivity contribution in [3.05, 3.63) is 0 Å². The van der Waals surface area contributed by atoms with Crippen LogP contribution < -0.4 is 5.32 Å². The van der Waals surface area contributed by atoms with E-state index in [2.05, 4.69) is 10.2 Å². The number of hydrogen-bond acceptors (Lipinski definition) is 3. The first-order valence-corrected chi connectivity index (χ1v) is 6.25. The van der Waals surface area contributed by atoms with Crippen LogP contribution >= 0.6 is 0 Å². The van der Waals surface area contributed by atoms with Crippen LogP contribution in [0.1, 0.15) is 39.5 Å². The highest BCUT2D eigenvalue weighted by Crippen LogP contribution is 2.27. The summed E-state index contributed by atoms with van der Waals surface area (Å²) in [7, 11) is 1.97. The molecule has 1 fully saturated rings. The molecule has 1 aliphatic heterocycles. The van der Waals surface area contributed by atoms with Crippen molar-refractivity contribution >= 4 is 5.97 Å². The maximum Gasteiger partial charge on any atom is 0.324 e. The summed E-state index contributed by atoms with van der Waals surface area (Å²) in [4.78, 5) is 13.6. The van der Waals surface area contributed by atoms with Gasteiger partial charge in [0.15, 0.2) is 0 Å². The lowest BCUT2D eigenvalue weighted by molar-refractivity contribution is -0.153. The molecule has 0 saturated carbocycles. The maximum atomic E-state index is 11.5. The summed E-state index contributed by atoms with van der Waals surface area (Å²) in [5.41, 5.74) is -0.679. The fourth-order valence-corrected chi connectivity index (χ4v) is 2.75. The molecule has 1 aliphatic rings. The SMILES string of the molecule is CCC(CC)(C(=O)O)N(C)C1CCNCC1. The summed E-state index contributed by atoms with van der Waals surface area (Å²) >= 11 is 0. The first kappa shape index (κ1) is 13.5. The molecule has 1 saturated heterocycles. The highest BCUT2D eigenvalue weighted by molar-refractivity contribution is 5.78. The summed E-state index contributed by atoms with van der Waals surface area (Å²) < 4.78 is 0. The number of aliphatic carboxylic acids is 1. The molecule has 0 spiro atoms. The first-order valence-electron chi connectivity index (χ1n) is 6.25. The minimum absolute atomic E-state index is 0.400. The Morgan fingerprint density at radius 1 is 1.38 bits per heavy atom. The molecule has 0 aromatic rings. The van der Waals surface area contributed by atoms with Crippen LogP contribution in [0.5, 0.6) is 0 Å². The van der Waals surface area contributed by atoms with E-state index in [1.54, 1.807) is 0 Å². The van der Waals surface area contributed by atoms with Crippen molar-refractivity contribution in [2.24, 2.45) is 0 Å². The van der Waals surface area contributed by atoms with Gasteiger partial charge in [0.05, 0.1) is 0 Å². The van der Waals surface area contributed by atoms with Gasteiger partial charge in [-0.3, -0.25) is 9.69 Å². The van der Waals surface area contributed by atoms with Gasteiger partial charge >= 0.3 is 5.97 Å². The van der Waals surface area contributed by atoms with E-state index >= 15 is 0 Å². The minimum atomic E-state index is -0.682. The van der Waals surface area contributed by atoms with E-state index in [0.717, 1.165) is 25.9 Å². The van der Waals surface area contributed by atoms with Crippen LogP contribution in [0.2, 0.25) is 0 Å². The second-order valence-corrected chi connectivity index (χ2v) is 4.64. The fourth-order valence-electron chi connectivity index (χ4n) is 2.75. The van der Waals surface area contributed by atoms with Gasteiger partial charge in [0.1, 0.15) is 5.54 Å². The first-order chi connectivity index (χ1) is 7.58. The van der Waals surface area contributed by atoms with Gasteiger partial charge in [-0.25, -0.2) is 0 Å². The van der Waals surface area contributed by atoms with Gasteiger partial charge in [-0.1, -0.05) is 13.8 Å². The monoisotopic (exact) mass is 228 g/mol. The van der Waals surface area contributed by atoms with Gasteiger partial charge in [0, 0.05) is 6.04 Å². The van der Waals surface area contributed by atoms with Gasteiger partial charge in [-0.15, -0.1) is 0 Å². The molecule has 4 nitrogen and oxygen atoms in total. The Morgan fingerprint density at radius 2 is 1.88 bits per heavy atom. The third kappa shape index (κ3) is 2.38. The van der Waals surface area contributed by atoms with E-state index in [-0.39, 0.29) is 0 Å². The Bertz CT molecular complexity index is 233. The fraction of sp³-hybridized carbons (Fsp3) is 0.917. The van der Waals surface area contributed by atoms with Crippen LogP contribution in [-0.4, -0.2) is 47.7 Å². The van der Waals surface area contributed by atoms with Crippen LogP contribution in [0, 0.1) is 0 Å². The molecule has 4 heteroatoms. The highest BCUT2D eigenvalue weighted by Gasteiger charge is 2.42. The van der Waals surface area contributed by atoms with Crippen molar-refractivity contribution in [2.75, 3.05) is 20.1 Å². The summed E-state index contributed by atoms with van der Waals surface area (Å²) in [5.74, 6) is -0.682. The molecule has 0 aromatic heterocycles. The molecule has 0 amide bonds. The molecule has 0 unspecified atom stereocenters. The molecular formula is C12H24N2O2.